The Balaban J connectivity index is 1.90. The minimum Gasteiger partial charge on any atom is -0.345 e. The van der Waals surface area contributed by atoms with Crippen LogP contribution in [0, 0.1) is 13.8 Å². The van der Waals surface area contributed by atoms with E-state index in [0.29, 0.717) is 23.3 Å². The summed E-state index contributed by atoms with van der Waals surface area (Å²) in [6.45, 7) is 1.34. The van der Waals surface area contributed by atoms with Crippen molar-refractivity contribution in [3.63, 3.8) is 0 Å². The highest BCUT2D eigenvalue weighted by Crippen LogP contribution is 2.40. The summed E-state index contributed by atoms with van der Waals surface area (Å²) < 4.78 is 120. The van der Waals surface area contributed by atoms with Crippen molar-refractivity contribution < 1.29 is 49.1 Å². The van der Waals surface area contributed by atoms with Crippen LogP contribution in [0.3, 0.4) is 0 Å². The first-order chi connectivity index (χ1) is 18.2. The van der Waals surface area contributed by atoms with Gasteiger partial charge in [-0.15, -0.1) is 0 Å². The molecular formula is C26H22ClF9N2O2. The summed E-state index contributed by atoms with van der Waals surface area (Å²) in [5, 5.41) is 3.93. The minimum absolute atomic E-state index is 0.0902. The number of nitrogens with one attached hydrogen (secondary N) is 2. The Morgan fingerprint density at radius 3 is 2.02 bits per heavy atom. The average molecular weight is 601 g/mol. The Bertz CT molecular complexity index is 1300. The predicted molar refractivity (Wildman–Crippen MR) is 129 cm³/mol. The van der Waals surface area contributed by atoms with Crippen LogP contribution in [0.4, 0.5) is 39.5 Å². The van der Waals surface area contributed by atoms with Crippen molar-refractivity contribution in [1.82, 2.24) is 10.6 Å². The molecule has 3 rings (SSSR count). The van der Waals surface area contributed by atoms with Gasteiger partial charge in [0.15, 0.2) is 0 Å². The van der Waals surface area contributed by atoms with Gasteiger partial charge in [-0.05, 0) is 61.1 Å². The fraction of sp³-hybridized carbons (Fsp3) is 0.385. The molecule has 218 valence electrons. The maximum Gasteiger partial charge on any atom is 0.417 e. The monoisotopic (exact) mass is 600 g/mol. The molecule has 2 aromatic rings. The van der Waals surface area contributed by atoms with Crippen LogP contribution in [-0.2, 0) is 11.0 Å². The van der Waals surface area contributed by atoms with E-state index >= 15 is 0 Å². The Kier molecular flexibility index (Phi) is 8.60. The zero-order valence-electron chi connectivity index (χ0n) is 20.8. The molecular weight excluding hydrogens is 579 g/mol. The van der Waals surface area contributed by atoms with Gasteiger partial charge in [0.1, 0.15) is 12.1 Å². The standard InChI is InChI=1S/C26H22ClF9N2O2/c1-13-9-16(10-14(2)20(13)27)18(25(31,32)33)6-4-15-3-5-17(19(11-15)26(34,35)36)21(39)38-23(7-8-23)22(40)37-12-24(28,29)30/h3-6,9-11,18H,7-8,12H2,1-2H3,(H,37,40)(H,38,39)/b6-4+. The van der Waals surface area contributed by atoms with E-state index in [1.807, 2.05) is 0 Å². The Labute approximate surface area is 227 Å². The Hall–Kier alpha value is -3.22. The van der Waals surface area contributed by atoms with Gasteiger partial charge in [0, 0.05) is 5.02 Å². The number of alkyl halides is 9. The SMILES string of the molecule is Cc1cc(C(/C=C/c2ccc(C(=O)NC3(C(=O)NCC(F)(F)F)CC3)c(C(F)(F)F)c2)C(F)(F)F)cc(C)c1Cl. The van der Waals surface area contributed by atoms with Crippen LogP contribution in [0.25, 0.3) is 6.08 Å². The van der Waals surface area contributed by atoms with E-state index in [0.717, 1.165) is 18.2 Å². The number of carbonyl (C=O) groups is 2. The van der Waals surface area contributed by atoms with E-state index in [2.05, 4.69) is 5.32 Å². The van der Waals surface area contributed by atoms with Crippen LogP contribution in [0.2, 0.25) is 5.02 Å². The molecule has 1 saturated carbocycles. The number of allylic oxidation sites excluding steroid dienone is 1. The molecule has 1 aliphatic rings. The molecule has 1 atom stereocenters. The second kappa shape index (κ2) is 11.0. The summed E-state index contributed by atoms with van der Waals surface area (Å²) in [6.07, 6.45) is -13.3. The first kappa shape index (κ1) is 31.3. The molecule has 2 aromatic carbocycles. The number of rotatable bonds is 7. The molecule has 0 bridgehead atoms. The summed E-state index contributed by atoms with van der Waals surface area (Å²) in [4.78, 5) is 24.8. The lowest BCUT2D eigenvalue weighted by atomic mass is 9.93. The Morgan fingerprint density at radius 1 is 0.975 bits per heavy atom. The number of amides is 2. The number of hydrogen-bond acceptors (Lipinski definition) is 2. The molecule has 0 aromatic heterocycles. The average Bonchev–Trinajstić information content (AvgIpc) is 3.59. The van der Waals surface area contributed by atoms with Crippen LogP contribution in [0.1, 0.15) is 56.9 Å². The second-order valence-electron chi connectivity index (χ2n) is 9.48. The molecule has 0 heterocycles. The zero-order chi connectivity index (χ0) is 30.3. The lowest BCUT2D eigenvalue weighted by molar-refractivity contribution is -0.140. The molecule has 1 fully saturated rings. The van der Waals surface area contributed by atoms with Crippen molar-refractivity contribution >= 4 is 29.5 Å². The number of hydrogen-bond donors (Lipinski definition) is 2. The normalized spacial score (nSPS) is 16.1. The number of aryl methyl sites for hydroxylation is 2. The number of carbonyl (C=O) groups excluding carboxylic acids is 2. The number of benzene rings is 2. The first-order valence-electron chi connectivity index (χ1n) is 11.6. The van der Waals surface area contributed by atoms with E-state index in [1.165, 1.54) is 26.0 Å². The van der Waals surface area contributed by atoms with Gasteiger partial charge in [-0.3, -0.25) is 9.59 Å². The van der Waals surface area contributed by atoms with Crippen LogP contribution in [0.15, 0.2) is 36.4 Å². The van der Waals surface area contributed by atoms with Gasteiger partial charge in [-0.25, -0.2) is 0 Å². The van der Waals surface area contributed by atoms with Crippen molar-refractivity contribution in [3.05, 3.63) is 74.8 Å². The highest BCUT2D eigenvalue weighted by Gasteiger charge is 2.52. The topological polar surface area (TPSA) is 58.2 Å². The third-order valence-electron chi connectivity index (χ3n) is 6.23. The highest BCUT2D eigenvalue weighted by molar-refractivity contribution is 6.32. The van der Waals surface area contributed by atoms with Gasteiger partial charge in [0.2, 0.25) is 5.91 Å². The summed E-state index contributed by atoms with van der Waals surface area (Å²) >= 11 is 6.03. The van der Waals surface area contributed by atoms with Gasteiger partial charge in [0.05, 0.1) is 17.0 Å². The van der Waals surface area contributed by atoms with Crippen LogP contribution in [0.5, 0.6) is 0 Å². The maximum absolute atomic E-state index is 13.8. The molecule has 1 unspecified atom stereocenters. The summed E-state index contributed by atoms with van der Waals surface area (Å²) in [7, 11) is 0. The fourth-order valence-corrected chi connectivity index (χ4v) is 4.15. The smallest absolute Gasteiger partial charge is 0.345 e. The molecule has 40 heavy (non-hydrogen) atoms. The molecule has 2 N–H and O–H groups in total. The van der Waals surface area contributed by atoms with E-state index < -0.39 is 59.5 Å². The molecule has 2 amide bonds. The van der Waals surface area contributed by atoms with Crippen molar-refractivity contribution in [2.45, 2.75) is 56.7 Å². The van der Waals surface area contributed by atoms with E-state index in [9.17, 15) is 49.1 Å². The second-order valence-corrected chi connectivity index (χ2v) is 9.86. The van der Waals surface area contributed by atoms with Gasteiger partial charge >= 0.3 is 18.5 Å². The van der Waals surface area contributed by atoms with E-state index in [-0.39, 0.29) is 29.0 Å². The quantitative estimate of drug-likeness (QED) is 0.328. The van der Waals surface area contributed by atoms with Gasteiger partial charge in [-0.1, -0.05) is 42.0 Å². The molecule has 0 aliphatic heterocycles. The highest BCUT2D eigenvalue weighted by atomic mass is 35.5. The molecule has 0 radical (unpaired) electrons. The maximum atomic E-state index is 13.8. The van der Waals surface area contributed by atoms with Crippen molar-refractivity contribution in [2.24, 2.45) is 0 Å². The fourth-order valence-electron chi connectivity index (χ4n) is 4.04. The van der Waals surface area contributed by atoms with Crippen molar-refractivity contribution in [1.29, 1.82) is 0 Å². The van der Waals surface area contributed by atoms with Crippen molar-refractivity contribution in [3.8, 4) is 0 Å². The van der Waals surface area contributed by atoms with Gasteiger partial charge < -0.3 is 10.6 Å². The van der Waals surface area contributed by atoms with Crippen LogP contribution >= 0.6 is 11.6 Å². The Morgan fingerprint density at radius 2 is 1.55 bits per heavy atom. The zero-order valence-corrected chi connectivity index (χ0v) is 21.6. The van der Waals surface area contributed by atoms with Gasteiger partial charge in [0.25, 0.3) is 5.91 Å². The van der Waals surface area contributed by atoms with Crippen LogP contribution in [-0.4, -0.2) is 36.3 Å². The first-order valence-corrected chi connectivity index (χ1v) is 12.0. The lowest BCUT2D eigenvalue weighted by Crippen LogP contribution is -2.51. The minimum atomic E-state index is -5.13. The largest absolute Gasteiger partial charge is 0.417 e. The molecule has 1 aliphatic carbocycles. The summed E-state index contributed by atoms with van der Waals surface area (Å²) in [5.74, 6) is -4.75. The van der Waals surface area contributed by atoms with Gasteiger partial charge in [-0.2, -0.15) is 39.5 Å². The predicted octanol–water partition coefficient (Wildman–Crippen LogP) is 7.28. The molecule has 14 heteroatoms. The third kappa shape index (κ3) is 7.49. The molecule has 0 saturated heterocycles. The third-order valence-corrected chi connectivity index (χ3v) is 6.83. The molecule has 0 spiro atoms. The number of halogens is 10. The van der Waals surface area contributed by atoms with Crippen molar-refractivity contribution in [2.75, 3.05) is 6.54 Å². The molecule has 4 nitrogen and oxygen atoms in total. The summed E-state index contributed by atoms with van der Waals surface area (Å²) in [5.41, 5.74) is -3.95. The summed E-state index contributed by atoms with van der Waals surface area (Å²) in [6, 6.07) is 4.63. The van der Waals surface area contributed by atoms with E-state index in [4.69, 9.17) is 11.6 Å². The lowest BCUT2D eigenvalue weighted by Gasteiger charge is -2.20. The van der Waals surface area contributed by atoms with Crippen LogP contribution < -0.4 is 10.6 Å². The van der Waals surface area contributed by atoms with E-state index in [1.54, 1.807) is 5.32 Å².